The van der Waals surface area contributed by atoms with E-state index in [2.05, 4.69) is 6.08 Å². The second kappa shape index (κ2) is 9.59. The van der Waals surface area contributed by atoms with Crippen molar-refractivity contribution in [2.24, 2.45) is 11.8 Å². The number of fused-ring (bicyclic) bond motifs is 2. The third kappa shape index (κ3) is 3.89. The molecule has 2 saturated heterocycles. The minimum Gasteiger partial charge on any atom is -0.465 e. The Balaban J connectivity index is 1.75. The van der Waals surface area contributed by atoms with Gasteiger partial charge in [-0.15, -0.1) is 11.8 Å². The van der Waals surface area contributed by atoms with Crippen molar-refractivity contribution in [2.45, 2.75) is 68.0 Å². The topological polar surface area (TPSA) is 87.2 Å². The molecule has 2 amide bonds. The van der Waals surface area contributed by atoms with E-state index in [-0.39, 0.29) is 35.7 Å². The lowest BCUT2D eigenvalue weighted by atomic mass is 9.78. The summed E-state index contributed by atoms with van der Waals surface area (Å²) in [4.78, 5) is 44.4. The van der Waals surface area contributed by atoms with E-state index >= 15 is 0 Å². The van der Waals surface area contributed by atoms with E-state index in [0.717, 1.165) is 19.3 Å². The van der Waals surface area contributed by atoms with Gasteiger partial charge in [0.1, 0.15) is 6.04 Å². The highest BCUT2D eigenvalue weighted by molar-refractivity contribution is 8.02. The summed E-state index contributed by atoms with van der Waals surface area (Å²) in [6, 6.07) is -0.613. The summed E-state index contributed by atoms with van der Waals surface area (Å²) >= 11 is 1.59. The summed E-state index contributed by atoms with van der Waals surface area (Å²) in [5.74, 6) is -1.68. The number of cyclic esters (lactones) is 1. The number of esters is 1. The number of unbranched alkanes of at least 4 members (excludes halogenated alkanes) is 2. The van der Waals surface area contributed by atoms with Gasteiger partial charge in [-0.25, -0.2) is 0 Å². The minimum absolute atomic E-state index is 0.0149. The SMILES string of the molecule is CC(C)N1CC=C[C@]23S[C@H]4/C=C\CCCOC(=O)[C@H]4[C@H]2C(=O)N(CCCCCO)C3C1=O. The Labute approximate surface area is 194 Å². The monoisotopic (exact) mass is 462 g/mol. The molecule has 0 aromatic carbocycles. The van der Waals surface area contributed by atoms with Crippen molar-refractivity contribution in [2.75, 3.05) is 26.3 Å². The Morgan fingerprint density at radius 3 is 2.75 bits per heavy atom. The number of rotatable bonds is 6. The number of thioether (sulfide) groups is 1. The summed E-state index contributed by atoms with van der Waals surface area (Å²) in [6.07, 6.45) is 12.0. The lowest BCUT2D eigenvalue weighted by molar-refractivity contribution is -0.153. The number of ether oxygens (including phenoxy) is 1. The lowest BCUT2D eigenvalue weighted by Gasteiger charge is -2.36. The third-order valence-corrected chi connectivity index (χ3v) is 8.81. The zero-order valence-electron chi connectivity index (χ0n) is 18.9. The van der Waals surface area contributed by atoms with Crippen LogP contribution in [0.5, 0.6) is 0 Å². The van der Waals surface area contributed by atoms with Crippen molar-refractivity contribution in [3.63, 3.8) is 0 Å². The van der Waals surface area contributed by atoms with Crippen molar-refractivity contribution in [3.8, 4) is 0 Å². The molecule has 5 atom stereocenters. The third-order valence-electron chi connectivity index (χ3n) is 7.06. The number of carbonyl (C=O) groups is 3. The molecular formula is C24H34N2O5S. The molecule has 2 fully saturated rings. The molecule has 4 heterocycles. The van der Waals surface area contributed by atoms with Gasteiger partial charge in [-0.3, -0.25) is 14.4 Å². The summed E-state index contributed by atoms with van der Waals surface area (Å²) in [7, 11) is 0. The van der Waals surface area contributed by atoms with Gasteiger partial charge in [0.2, 0.25) is 11.8 Å². The number of aliphatic hydroxyl groups is 1. The van der Waals surface area contributed by atoms with Crippen LogP contribution in [0, 0.1) is 11.8 Å². The standard InChI is InChI=1S/C24H34N2O5S/c1-16(2)25-13-9-11-24-19(18-17(32-24)10-5-3-8-15-31-23(18)30)21(28)26(20(24)22(25)29)12-6-4-7-14-27/h5,9-11,16-20,27H,3-4,6-8,12-15H2,1-2H3/b10-5-/t17-,18+,19-,20?,24-/m0/s1. The first-order valence-electron chi connectivity index (χ1n) is 11.8. The molecule has 4 aliphatic heterocycles. The highest BCUT2D eigenvalue weighted by atomic mass is 32.2. The van der Waals surface area contributed by atoms with Crippen LogP contribution in [0.3, 0.4) is 0 Å². The van der Waals surface area contributed by atoms with Crippen LogP contribution in [0.25, 0.3) is 0 Å². The molecule has 0 aliphatic carbocycles. The van der Waals surface area contributed by atoms with Crippen LogP contribution in [0.15, 0.2) is 24.3 Å². The van der Waals surface area contributed by atoms with Crippen LogP contribution >= 0.6 is 11.8 Å². The Morgan fingerprint density at radius 2 is 2.00 bits per heavy atom. The molecule has 4 rings (SSSR count). The van der Waals surface area contributed by atoms with Crippen LogP contribution < -0.4 is 0 Å². The molecule has 1 spiro atoms. The molecule has 7 nitrogen and oxygen atoms in total. The Bertz CT molecular complexity index is 812. The molecule has 1 unspecified atom stereocenters. The van der Waals surface area contributed by atoms with Crippen molar-refractivity contribution in [1.29, 1.82) is 0 Å². The molecular weight excluding hydrogens is 428 g/mol. The molecule has 0 radical (unpaired) electrons. The van der Waals surface area contributed by atoms with Crippen molar-refractivity contribution < 1.29 is 24.2 Å². The molecule has 32 heavy (non-hydrogen) atoms. The quantitative estimate of drug-likeness (QED) is 0.370. The van der Waals surface area contributed by atoms with Gasteiger partial charge in [-0.05, 0) is 46.0 Å². The Morgan fingerprint density at radius 1 is 1.19 bits per heavy atom. The fourth-order valence-electron chi connectivity index (χ4n) is 5.55. The van der Waals surface area contributed by atoms with Gasteiger partial charge in [0, 0.05) is 31.0 Å². The molecule has 176 valence electrons. The van der Waals surface area contributed by atoms with Crippen LogP contribution in [-0.4, -0.2) is 81.1 Å². The van der Waals surface area contributed by atoms with Crippen LogP contribution in [0.1, 0.15) is 46.0 Å². The largest absolute Gasteiger partial charge is 0.465 e. The first-order chi connectivity index (χ1) is 15.4. The maximum atomic E-state index is 13.9. The number of likely N-dealkylation sites (tertiary alicyclic amines) is 1. The van der Waals surface area contributed by atoms with Crippen LogP contribution in [0.4, 0.5) is 0 Å². The van der Waals surface area contributed by atoms with Gasteiger partial charge in [-0.2, -0.15) is 0 Å². The summed E-state index contributed by atoms with van der Waals surface area (Å²) in [5, 5.41) is 8.94. The molecule has 0 aromatic heterocycles. The maximum absolute atomic E-state index is 13.9. The highest BCUT2D eigenvalue weighted by Crippen LogP contribution is 2.60. The number of carbonyl (C=O) groups excluding carboxylic acids is 3. The van der Waals surface area contributed by atoms with Crippen molar-refractivity contribution >= 4 is 29.5 Å². The molecule has 0 aromatic rings. The van der Waals surface area contributed by atoms with Gasteiger partial charge in [0.25, 0.3) is 0 Å². The second-order valence-corrected chi connectivity index (χ2v) is 10.9. The lowest BCUT2D eigenvalue weighted by Crippen LogP contribution is -2.54. The number of hydrogen-bond acceptors (Lipinski definition) is 6. The van der Waals surface area contributed by atoms with Crippen LogP contribution in [0.2, 0.25) is 0 Å². The summed E-state index contributed by atoms with van der Waals surface area (Å²) < 4.78 is 4.79. The predicted molar refractivity (Wildman–Crippen MR) is 123 cm³/mol. The van der Waals surface area contributed by atoms with E-state index in [1.807, 2.05) is 37.0 Å². The van der Waals surface area contributed by atoms with Gasteiger partial charge in [-0.1, -0.05) is 24.3 Å². The highest BCUT2D eigenvalue weighted by Gasteiger charge is 2.70. The van der Waals surface area contributed by atoms with E-state index < -0.39 is 22.6 Å². The number of nitrogens with zero attached hydrogens (tertiary/aromatic N) is 2. The van der Waals surface area contributed by atoms with Crippen molar-refractivity contribution in [1.82, 2.24) is 9.80 Å². The molecule has 0 bridgehead atoms. The predicted octanol–water partition coefficient (Wildman–Crippen LogP) is 2.15. The molecule has 4 aliphatic rings. The smallest absolute Gasteiger partial charge is 0.311 e. The van der Waals surface area contributed by atoms with E-state index in [1.54, 1.807) is 16.7 Å². The van der Waals surface area contributed by atoms with Gasteiger partial charge < -0.3 is 19.6 Å². The number of aliphatic hydroxyl groups excluding tert-OH is 1. The molecule has 1 N–H and O–H groups in total. The average Bonchev–Trinajstić information content (AvgIpc) is 3.16. The maximum Gasteiger partial charge on any atom is 0.311 e. The fourth-order valence-corrected chi connectivity index (χ4v) is 7.55. The van der Waals surface area contributed by atoms with E-state index in [9.17, 15) is 14.4 Å². The van der Waals surface area contributed by atoms with Gasteiger partial charge >= 0.3 is 5.97 Å². The van der Waals surface area contributed by atoms with E-state index in [0.29, 0.717) is 32.5 Å². The van der Waals surface area contributed by atoms with Crippen LogP contribution in [-0.2, 0) is 19.1 Å². The summed E-state index contributed by atoms with van der Waals surface area (Å²) in [5.41, 5.74) is 0. The van der Waals surface area contributed by atoms with E-state index in [1.165, 1.54) is 0 Å². The van der Waals surface area contributed by atoms with Gasteiger partial charge in [0.05, 0.1) is 23.2 Å². The Hall–Kier alpha value is -1.80. The number of amides is 2. The molecule has 8 heteroatoms. The Kier molecular flexibility index (Phi) is 7.00. The van der Waals surface area contributed by atoms with E-state index in [4.69, 9.17) is 9.84 Å². The minimum atomic E-state index is -0.771. The normalized spacial score (nSPS) is 35.6. The average molecular weight is 463 g/mol. The number of hydrogen-bond donors (Lipinski definition) is 1. The number of allylic oxidation sites excluding steroid dienone is 1. The zero-order valence-corrected chi connectivity index (χ0v) is 19.8. The summed E-state index contributed by atoms with van der Waals surface area (Å²) in [6.45, 7) is 5.41. The first-order valence-corrected chi connectivity index (χ1v) is 12.7. The fraction of sp³-hybridized carbons (Fsp3) is 0.708. The zero-order chi connectivity index (χ0) is 22.9. The second-order valence-electron chi connectivity index (χ2n) is 9.38. The molecule has 0 saturated carbocycles. The van der Waals surface area contributed by atoms with Gasteiger partial charge in [0.15, 0.2) is 0 Å². The first kappa shape index (κ1) is 23.4. The van der Waals surface area contributed by atoms with Crippen molar-refractivity contribution in [3.05, 3.63) is 24.3 Å².